The Morgan fingerprint density at radius 1 is 0.636 bits per heavy atom. The second-order valence-corrected chi connectivity index (χ2v) is 12.0. The molecule has 2 atom stereocenters. The Bertz CT molecular complexity index is 2320. The summed E-state index contributed by atoms with van der Waals surface area (Å²) in [7, 11) is 0. The maximum absolute atomic E-state index is 6.58. The summed E-state index contributed by atoms with van der Waals surface area (Å²) in [5.41, 5.74) is 12.0. The fourth-order valence-corrected chi connectivity index (χ4v) is 7.99. The molecular formula is C40H29N3O. The molecule has 2 aliphatic heterocycles. The predicted octanol–water partition coefficient (Wildman–Crippen LogP) is 10.2. The van der Waals surface area contributed by atoms with Crippen LogP contribution in [0.1, 0.15) is 29.9 Å². The number of anilines is 3. The molecule has 4 heterocycles. The molecule has 5 aromatic carbocycles. The molecule has 2 aromatic heterocycles. The third kappa shape index (κ3) is 3.17. The Morgan fingerprint density at radius 2 is 1.36 bits per heavy atom. The molecule has 2 unspecified atom stereocenters. The van der Waals surface area contributed by atoms with Crippen LogP contribution in [0.2, 0.25) is 0 Å². The second kappa shape index (κ2) is 9.01. The summed E-state index contributed by atoms with van der Waals surface area (Å²) in [6, 6.07) is 44.0. The number of nitrogens with zero attached hydrogens (tertiary/aromatic N) is 3. The minimum atomic E-state index is 0.115. The van der Waals surface area contributed by atoms with Gasteiger partial charge in [-0.15, -0.1) is 0 Å². The Balaban J connectivity index is 1.24. The first-order valence-corrected chi connectivity index (χ1v) is 15.5. The van der Waals surface area contributed by atoms with E-state index < -0.39 is 0 Å². The third-order valence-electron chi connectivity index (χ3n) is 9.76. The lowest BCUT2D eigenvalue weighted by Gasteiger charge is -2.37. The first-order valence-electron chi connectivity index (χ1n) is 15.5. The van der Waals surface area contributed by atoms with Crippen molar-refractivity contribution in [3.8, 4) is 5.69 Å². The Kier molecular flexibility index (Phi) is 4.92. The maximum Gasteiger partial charge on any atom is 0.213 e. The number of fused-ring (bicyclic) bond motifs is 10. The molecule has 0 N–H and O–H groups in total. The van der Waals surface area contributed by atoms with Crippen LogP contribution in [0, 0.1) is 0 Å². The summed E-state index contributed by atoms with van der Waals surface area (Å²) < 4.78 is 8.87. The Morgan fingerprint density at radius 3 is 2.16 bits per heavy atom. The van der Waals surface area contributed by atoms with Crippen LogP contribution in [0.5, 0.6) is 0 Å². The zero-order chi connectivity index (χ0) is 28.8. The molecule has 44 heavy (non-hydrogen) atoms. The molecule has 4 nitrogen and oxygen atoms in total. The largest absolute Gasteiger partial charge is 0.439 e. The number of rotatable bonds is 3. The van der Waals surface area contributed by atoms with Gasteiger partial charge in [-0.1, -0.05) is 84.9 Å². The minimum Gasteiger partial charge on any atom is -0.439 e. The quantitative estimate of drug-likeness (QED) is 0.212. The highest BCUT2D eigenvalue weighted by atomic mass is 16.3. The highest BCUT2D eigenvalue weighted by Gasteiger charge is 2.50. The van der Waals surface area contributed by atoms with E-state index >= 15 is 0 Å². The highest BCUT2D eigenvalue weighted by molar-refractivity contribution is 6.20. The van der Waals surface area contributed by atoms with E-state index in [0.29, 0.717) is 0 Å². The van der Waals surface area contributed by atoms with Crippen LogP contribution < -0.4 is 9.80 Å². The van der Waals surface area contributed by atoms with Gasteiger partial charge in [0, 0.05) is 39.2 Å². The van der Waals surface area contributed by atoms with Gasteiger partial charge in [-0.05, 0) is 78.6 Å². The Labute approximate surface area is 255 Å². The van der Waals surface area contributed by atoms with E-state index in [1.807, 2.05) is 6.07 Å². The molecule has 1 aliphatic carbocycles. The normalized spacial score (nSPS) is 18.7. The average molecular weight is 568 g/mol. The lowest BCUT2D eigenvalue weighted by molar-refractivity contribution is 0.636. The van der Waals surface area contributed by atoms with Crippen molar-refractivity contribution in [2.75, 3.05) is 9.80 Å². The number of aromatic nitrogens is 1. The smallest absolute Gasteiger partial charge is 0.213 e. The van der Waals surface area contributed by atoms with Gasteiger partial charge in [0.05, 0.1) is 16.8 Å². The van der Waals surface area contributed by atoms with Gasteiger partial charge in [0.2, 0.25) is 5.71 Å². The van der Waals surface area contributed by atoms with Crippen LogP contribution in [0.25, 0.3) is 38.7 Å². The van der Waals surface area contributed by atoms with E-state index in [1.165, 1.54) is 44.7 Å². The molecule has 4 heteroatoms. The number of benzene rings is 5. The van der Waals surface area contributed by atoms with Crippen molar-refractivity contribution >= 4 is 50.0 Å². The zero-order valence-electron chi connectivity index (χ0n) is 24.1. The van der Waals surface area contributed by atoms with E-state index in [9.17, 15) is 0 Å². The van der Waals surface area contributed by atoms with Crippen molar-refractivity contribution in [1.29, 1.82) is 0 Å². The van der Waals surface area contributed by atoms with E-state index in [4.69, 9.17) is 4.42 Å². The summed E-state index contributed by atoms with van der Waals surface area (Å²) in [6.45, 7) is 0. The molecule has 10 rings (SSSR count). The van der Waals surface area contributed by atoms with Crippen molar-refractivity contribution in [2.45, 2.75) is 24.9 Å². The van der Waals surface area contributed by atoms with Gasteiger partial charge in [0.25, 0.3) is 0 Å². The van der Waals surface area contributed by atoms with Crippen LogP contribution in [-0.4, -0.2) is 10.7 Å². The van der Waals surface area contributed by atoms with Crippen LogP contribution in [-0.2, 0) is 0 Å². The zero-order valence-corrected chi connectivity index (χ0v) is 24.1. The predicted molar refractivity (Wildman–Crippen MR) is 180 cm³/mol. The monoisotopic (exact) mass is 567 g/mol. The summed E-state index contributed by atoms with van der Waals surface area (Å²) in [6.07, 6.45) is 9.03. The topological polar surface area (TPSA) is 24.6 Å². The molecule has 7 aromatic rings. The van der Waals surface area contributed by atoms with Gasteiger partial charge in [0.1, 0.15) is 11.7 Å². The van der Waals surface area contributed by atoms with Crippen LogP contribution in [0.4, 0.5) is 17.1 Å². The fourth-order valence-electron chi connectivity index (χ4n) is 7.99. The molecule has 0 radical (unpaired) electrons. The molecule has 0 fully saturated rings. The van der Waals surface area contributed by atoms with Gasteiger partial charge in [-0.25, -0.2) is 0 Å². The molecule has 0 spiro atoms. The average Bonchev–Trinajstić information content (AvgIpc) is 3.80. The van der Waals surface area contributed by atoms with Crippen LogP contribution in [0.15, 0.2) is 150 Å². The number of allylic oxidation sites excluding steroid dienone is 4. The summed E-state index contributed by atoms with van der Waals surface area (Å²) in [5.74, 6) is 0.256. The Hall–Kier alpha value is -5.48. The minimum absolute atomic E-state index is 0.115. The van der Waals surface area contributed by atoms with Gasteiger partial charge in [-0.2, -0.15) is 0 Å². The fraction of sp³-hybridized carbons (Fsp3) is 0.100. The first-order chi connectivity index (χ1) is 21.9. The van der Waals surface area contributed by atoms with Crippen molar-refractivity contribution in [3.05, 3.63) is 156 Å². The summed E-state index contributed by atoms with van der Waals surface area (Å²) >= 11 is 0. The van der Waals surface area contributed by atoms with E-state index in [1.54, 1.807) is 0 Å². The molecule has 0 saturated carbocycles. The van der Waals surface area contributed by atoms with Gasteiger partial charge in [0.15, 0.2) is 0 Å². The third-order valence-corrected chi connectivity index (χ3v) is 9.76. The summed E-state index contributed by atoms with van der Waals surface area (Å²) in [5, 5.41) is 3.52. The van der Waals surface area contributed by atoms with Crippen molar-refractivity contribution < 1.29 is 4.42 Å². The SMILES string of the molecule is C1=CCCC(N2c3ccccc3C3c4ccccc4N(c4ccc5c6c7ccccc7oc6n(-c6ccccc6)c5c4)C32)=C1. The molecular weight excluding hydrogens is 538 g/mol. The van der Waals surface area contributed by atoms with Crippen molar-refractivity contribution in [2.24, 2.45) is 0 Å². The van der Waals surface area contributed by atoms with Crippen molar-refractivity contribution in [3.63, 3.8) is 0 Å². The van der Waals surface area contributed by atoms with Crippen molar-refractivity contribution in [1.82, 2.24) is 4.57 Å². The number of hydrogen-bond acceptors (Lipinski definition) is 3. The first kappa shape index (κ1) is 24.0. The van der Waals surface area contributed by atoms with E-state index in [0.717, 1.165) is 40.7 Å². The lowest BCUT2D eigenvalue weighted by Crippen LogP contribution is -2.43. The van der Waals surface area contributed by atoms with Crippen LogP contribution in [0.3, 0.4) is 0 Å². The molecule has 0 amide bonds. The lowest BCUT2D eigenvalue weighted by atomic mass is 9.93. The van der Waals surface area contributed by atoms with Gasteiger partial charge >= 0.3 is 0 Å². The molecule has 210 valence electrons. The second-order valence-electron chi connectivity index (χ2n) is 12.0. The molecule has 0 saturated heterocycles. The van der Waals surface area contributed by atoms with Gasteiger partial charge < -0.3 is 14.2 Å². The number of para-hydroxylation sites is 4. The summed E-state index contributed by atoms with van der Waals surface area (Å²) in [4.78, 5) is 5.20. The van der Waals surface area contributed by atoms with Gasteiger partial charge in [-0.3, -0.25) is 4.57 Å². The van der Waals surface area contributed by atoms with E-state index in [-0.39, 0.29) is 12.1 Å². The van der Waals surface area contributed by atoms with E-state index in [2.05, 4.69) is 148 Å². The number of furan rings is 1. The molecule has 0 bridgehead atoms. The highest BCUT2D eigenvalue weighted by Crippen LogP contribution is 2.57. The standard InChI is InChI=1S/C40H29N3O/c1-3-13-26(14-4-1)41-33-20-10-7-17-29(33)37-30-18-8-11-21-34(30)42(39(37)41)28-23-24-31-35(25-28)43(27-15-5-2-6-16-27)40-38(31)32-19-9-12-22-36(32)44-40/h1-3,5-13,15-25,37,39H,4,14H2. The maximum atomic E-state index is 6.58. The van der Waals surface area contributed by atoms with Crippen LogP contribution >= 0.6 is 0 Å². The molecule has 3 aliphatic rings. The number of hydrogen-bond donors (Lipinski definition) is 0.